The molecular formula is C18H18N4O3. The molecule has 1 unspecified atom stereocenters. The molecule has 25 heavy (non-hydrogen) atoms. The van der Waals surface area contributed by atoms with Gasteiger partial charge in [-0.25, -0.2) is 4.68 Å². The zero-order valence-electron chi connectivity index (χ0n) is 13.8. The first-order valence-corrected chi connectivity index (χ1v) is 8.33. The Balaban J connectivity index is 1.65. The Labute approximate surface area is 144 Å². The molecule has 2 aliphatic rings. The summed E-state index contributed by atoms with van der Waals surface area (Å²) in [4.78, 5) is 38.1. The molecule has 1 saturated carbocycles. The first kappa shape index (κ1) is 15.6. The zero-order valence-corrected chi connectivity index (χ0v) is 13.8. The minimum Gasteiger partial charge on any atom is -0.322 e. The maximum atomic E-state index is 13.0. The van der Waals surface area contributed by atoms with Crippen molar-refractivity contribution in [2.24, 2.45) is 0 Å². The second-order valence-electron chi connectivity index (χ2n) is 6.49. The number of nitrogens with one attached hydrogen (secondary N) is 1. The molecule has 1 aromatic carbocycles. The minimum atomic E-state index is -0.727. The third-order valence-electron chi connectivity index (χ3n) is 4.56. The molecule has 7 heteroatoms. The number of carbonyl (C=O) groups excluding carboxylic acids is 3. The number of carbonyl (C=O) groups is 3. The molecule has 1 aliphatic carbocycles. The Kier molecular flexibility index (Phi) is 3.63. The first-order chi connectivity index (χ1) is 12.0. The van der Waals surface area contributed by atoms with E-state index in [1.807, 2.05) is 37.3 Å². The number of nitrogens with zero attached hydrogens (tertiary/aromatic N) is 3. The van der Waals surface area contributed by atoms with Gasteiger partial charge < -0.3 is 4.90 Å². The molecule has 2 aromatic rings. The van der Waals surface area contributed by atoms with E-state index in [1.54, 1.807) is 10.7 Å². The lowest BCUT2D eigenvalue weighted by molar-refractivity contribution is -0.126. The molecule has 3 amide bonds. The van der Waals surface area contributed by atoms with Crippen LogP contribution in [-0.4, -0.2) is 44.5 Å². The molecule has 1 N–H and O–H groups in total. The summed E-state index contributed by atoms with van der Waals surface area (Å²) in [7, 11) is 0. The SMILES string of the molecule is Cc1cc(C(=O)N(C2CC2)C2CC(=O)NC2=O)nn1-c1ccccc1. The average Bonchev–Trinajstić information content (AvgIpc) is 3.27. The predicted molar refractivity (Wildman–Crippen MR) is 89.0 cm³/mol. The zero-order chi connectivity index (χ0) is 17.6. The van der Waals surface area contributed by atoms with Crippen molar-refractivity contribution in [1.29, 1.82) is 0 Å². The maximum absolute atomic E-state index is 13.0. The Bertz CT molecular complexity index is 854. The number of rotatable bonds is 4. The molecule has 0 radical (unpaired) electrons. The van der Waals surface area contributed by atoms with Gasteiger partial charge in [0.2, 0.25) is 11.8 Å². The van der Waals surface area contributed by atoms with Gasteiger partial charge in [0.15, 0.2) is 5.69 Å². The number of benzene rings is 1. The molecule has 4 rings (SSSR count). The number of aryl methyl sites for hydroxylation is 1. The molecule has 128 valence electrons. The normalized spacial score (nSPS) is 19.8. The predicted octanol–water partition coefficient (Wildman–Crippen LogP) is 1.20. The van der Waals surface area contributed by atoms with Gasteiger partial charge in [-0.15, -0.1) is 0 Å². The summed E-state index contributed by atoms with van der Waals surface area (Å²) in [6, 6.07) is 10.6. The van der Waals surface area contributed by atoms with E-state index in [4.69, 9.17) is 0 Å². The van der Waals surface area contributed by atoms with E-state index >= 15 is 0 Å². The highest BCUT2D eigenvalue weighted by Gasteiger charge is 2.45. The third kappa shape index (κ3) is 2.82. The second kappa shape index (κ2) is 5.84. The highest BCUT2D eigenvalue weighted by Crippen LogP contribution is 2.32. The van der Waals surface area contributed by atoms with E-state index in [9.17, 15) is 14.4 Å². The molecule has 2 fully saturated rings. The summed E-state index contributed by atoms with van der Waals surface area (Å²) in [5.74, 6) is -1.03. The van der Waals surface area contributed by atoms with Crippen LogP contribution in [0.3, 0.4) is 0 Å². The summed E-state index contributed by atoms with van der Waals surface area (Å²) in [5, 5.41) is 6.72. The molecule has 0 bridgehead atoms. The number of imide groups is 1. The first-order valence-electron chi connectivity index (χ1n) is 8.33. The van der Waals surface area contributed by atoms with Gasteiger partial charge >= 0.3 is 0 Å². The lowest BCUT2D eigenvalue weighted by atomic mass is 10.2. The average molecular weight is 338 g/mol. The smallest absolute Gasteiger partial charge is 0.275 e. The molecule has 1 aromatic heterocycles. The molecule has 1 saturated heterocycles. The van der Waals surface area contributed by atoms with Crippen molar-refractivity contribution >= 4 is 17.7 Å². The summed E-state index contributed by atoms with van der Waals surface area (Å²) in [6.45, 7) is 1.88. The van der Waals surface area contributed by atoms with Crippen LogP contribution in [0.2, 0.25) is 0 Å². The van der Waals surface area contributed by atoms with E-state index in [1.165, 1.54) is 4.90 Å². The molecule has 1 atom stereocenters. The molecule has 0 spiro atoms. The van der Waals surface area contributed by atoms with Crippen LogP contribution in [0.4, 0.5) is 0 Å². The van der Waals surface area contributed by atoms with Crippen LogP contribution in [0.15, 0.2) is 36.4 Å². The van der Waals surface area contributed by atoms with Gasteiger partial charge in [-0.05, 0) is 38.0 Å². The second-order valence-corrected chi connectivity index (χ2v) is 6.49. The van der Waals surface area contributed by atoms with Crippen molar-refractivity contribution in [3.63, 3.8) is 0 Å². The fourth-order valence-electron chi connectivity index (χ4n) is 3.22. The van der Waals surface area contributed by atoms with Crippen LogP contribution in [0, 0.1) is 6.92 Å². The molecule has 2 heterocycles. The van der Waals surface area contributed by atoms with Gasteiger partial charge in [-0.2, -0.15) is 5.10 Å². The van der Waals surface area contributed by atoms with Crippen LogP contribution in [0.25, 0.3) is 5.69 Å². The lowest BCUT2D eigenvalue weighted by Crippen LogP contribution is -2.46. The number of para-hydroxylation sites is 1. The van der Waals surface area contributed by atoms with Gasteiger partial charge in [-0.3, -0.25) is 19.7 Å². The van der Waals surface area contributed by atoms with Crippen LogP contribution >= 0.6 is 0 Å². The van der Waals surface area contributed by atoms with Crippen molar-refractivity contribution in [3.05, 3.63) is 47.8 Å². The maximum Gasteiger partial charge on any atom is 0.275 e. The van der Waals surface area contributed by atoms with Crippen molar-refractivity contribution < 1.29 is 14.4 Å². The Morgan fingerprint density at radius 3 is 2.56 bits per heavy atom. The van der Waals surface area contributed by atoms with Gasteiger partial charge in [0, 0.05) is 11.7 Å². The Morgan fingerprint density at radius 2 is 1.96 bits per heavy atom. The quantitative estimate of drug-likeness (QED) is 0.849. The summed E-state index contributed by atoms with van der Waals surface area (Å²) < 4.78 is 1.71. The van der Waals surface area contributed by atoms with Gasteiger partial charge in [0.05, 0.1) is 12.1 Å². The van der Waals surface area contributed by atoms with Crippen molar-refractivity contribution in [2.75, 3.05) is 0 Å². The third-order valence-corrected chi connectivity index (χ3v) is 4.56. The lowest BCUT2D eigenvalue weighted by Gasteiger charge is -2.25. The van der Waals surface area contributed by atoms with Crippen LogP contribution < -0.4 is 5.32 Å². The summed E-state index contributed by atoms with van der Waals surface area (Å²) in [6.07, 6.45) is 1.73. The van der Waals surface area contributed by atoms with E-state index in [2.05, 4.69) is 10.4 Å². The minimum absolute atomic E-state index is 0.0105. The monoisotopic (exact) mass is 338 g/mol. The van der Waals surface area contributed by atoms with Gasteiger partial charge in [-0.1, -0.05) is 18.2 Å². The fraction of sp³-hybridized carbons (Fsp3) is 0.333. The largest absolute Gasteiger partial charge is 0.322 e. The van der Waals surface area contributed by atoms with Gasteiger partial charge in [0.1, 0.15) is 6.04 Å². The summed E-state index contributed by atoms with van der Waals surface area (Å²) >= 11 is 0. The van der Waals surface area contributed by atoms with Crippen molar-refractivity contribution in [3.8, 4) is 5.69 Å². The molecule has 7 nitrogen and oxygen atoms in total. The Morgan fingerprint density at radius 1 is 1.24 bits per heavy atom. The number of hydrogen-bond donors (Lipinski definition) is 1. The summed E-state index contributed by atoms with van der Waals surface area (Å²) in [5.41, 5.74) is 1.99. The highest BCUT2D eigenvalue weighted by atomic mass is 16.2. The standard InChI is InChI=1S/C18H18N4O3/c1-11-9-14(20-22(11)13-5-3-2-4-6-13)18(25)21(12-7-8-12)15-10-16(23)19-17(15)24/h2-6,9,12,15H,7-8,10H2,1H3,(H,19,23,24). The molecular weight excluding hydrogens is 320 g/mol. The Hall–Kier alpha value is -2.96. The fourth-order valence-corrected chi connectivity index (χ4v) is 3.22. The van der Waals surface area contributed by atoms with Crippen molar-refractivity contribution in [1.82, 2.24) is 20.0 Å². The van der Waals surface area contributed by atoms with E-state index in [0.717, 1.165) is 24.2 Å². The van der Waals surface area contributed by atoms with Crippen LogP contribution in [0.1, 0.15) is 35.4 Å². The topological polar surface area (TPSA) is 84.3 Å². The molecule has 1 aliphatic heterocycles. The van der Waals surface area contributed by atoms with Crippen LogP contribution in [-0.2, 0) is 9.59 Å². The van der Waals surface area contributed by atoms with Crippen molar-refractivity contribution in [2.45, 2.75) is 38.3 Å². The van der Waals surface area contributed by atoms with E-state index in [-0.39, 0.29) is 24.3 Å². The van der Waals surface area contributed by atoms with E-state index < -0.39 is 11.9 Å². The van der Waals surface area contributed by atoms with Gasteiger partial charge in [0.25, 0.3) is 5.91 Å². The highest BCUT2D eigenvalue weighted by molar-refractivity contribution is 6.08. The number of amides is 3. The van der Waals surface area contributed by atoms with E-state index in [0.29, 0.717) is 5.69 Å². The number of aromatic nitrogens is 2. The van der Waals surface area contributed by atoms with Crippen LogP contribution in [0.5, 0.6) is 0 Å². The number of hydrogen-bond acceptors (Lipinski definition) is 4.